The van der Waals surface area contributed by atoms with E-state index in [1.165, 1.54) is 44.1 Å². The molecule has 0 saturated heterocycles. The van der Waals surface area contributed by atoms with Gasteiger partial charge in [0.1, 0.15) is 0 Å². The lowest BCUT2D eigenvalue weighted by Crippen LogP contribution is -2.20. The van der Waals surface area contributed by atoms with Gasteiger partial charge in [-0.05, 0) is 98.1 Å². The monoisotopic (exact) mass is 480 g/mol. The lowest BCUT2D eigenvalue weighted by Gasteiger charge is -2.28. The van der Waals surface area contributed by atoms with Crippen molar-refractivity contribution in [1.82, 2.24) is 0 Å². The predicted molar refractivity (Wildman–Crippen MR) is 141 cm³/mol. The molecule has 0 atom stereocenters. The zero-order chi connectivity index (χ0) is 24.7. The van der Waals surface area contributed by atoms with Gasteiger partial charge in [0, 0.05) is 0 Å². The first-order valence-corrected chi connectivity index (χ1v) is 13.8. The highest BCUT2D eigenvalue weighted by molar-refractivity contribution is 5.28. The Bertz CT molecular complexity index is 902. The summed E-state index contributed by atoms with van der Waals surface area (Å²) in [4.78, 5) is 0. The average molecular weight is 481 g/mol. The first kappa shape index (κ1) is 26.1. The molecule has 2 saturated carbocycles. The molecular weight excluding hydrogens is 438 g/mol. The van der Waals surface area contributed by atoms with E-state index in [2.05, 4.69) is 37.8 Å². The molecule has 1 nitrogen and oxygen atoms in total. The van der Waals surface area contributed by atoms with E-state index < -0.39 is 6.11 Å². The SMILES string of the molecule is C=C[C@H]1CC[C@H](c2ccc(C(F)(F)OCCc3ccc([C@H]4CC[C@H](CCC)CC4)cc3)cc2)CC1. The van der Waals surface area contributed by atoms with Crippen LogP contribution in [0.5, 0.6) is 0 Å². The van der Waals surface area contributed by atoms with Crippen molar-refractivity contribution in [2.24, 2.45) is 11.8 Å². The van der Waals surface area contributed by atoms with Crippen LogP contribution >= 0.6 is 0 Å². The maximum atomic E-state index is 14.7. The Kier molecular flexibility index (Phi) is 9.16. The number of ether oxygens (including phenoxy) is 1. The van der Waals surface area contributed by atoms with Gasteiger partial charge in [-0.25, -0.2) is 0 Å². The van der Waals surface area contributed by atoms with Crippen LogP contribution in [-0.2, 0) is 17.3 Å². The Balaban J connectivity index is 1.24. The number of alkyl halides is 2. The van der Waals surface area contributed by atoms with Gasteiger partial charge in [0.05, 0.1) is 12.2 Å². The third kappa shape index (κ3) is 7.03. The molecule has 0 N–H and O–H groups in total. The van der Waals surface area contributed by atoms with Crippen LogP contribution in [0.2, 0.25) is 0 Å². The van der Waals surface area contributed by atoms with E-state index in [4.69, 9.17) is 4.74 Å². The molecule has 35 heavy (non-hydrogen) atoms. The van der Waals surface area contributed by atoms with Gasteiger partial charge in [0.2, 0.25) is 0 Å². The van der Waals surface area contributed by atoms with Crippen LogP contribution in [0.3, 0.4) is 0 Å². The molecule has 0 spiro atoms. The molecule has 2 fully saturated rings. The van der Waals surface area contributed by atoms with Crippen LogP contribution in [0, 0.1) is 11.8 Å². The molecule has 2 aliphatic rings. The lowest BCUT2D eigenvalue weighted by molar-refractivity contribution is -0.248. The van der Waals surface area contributed by atoms with Crippen LogP contribution in [0.15, 0.2) is 61.2 Å². The minimum absolute atomic E-state index is 0.00178. The minimum Gasteiger partial charge on any atom is -0.316 e. The maximum absolute atomic E-state index is 14.7. The van der Waals surface area contributed by atoms with Gasteiger partial charge in [-0.1, -0.05) is 74.4 Å². The van der Waals surface area contributed by atoms with Gasteiger partial charge >= 0.3 is 6.11 Å². The van der Waals surface area contributed by atoms with Crippen molar-refractivity contribution in [1.29, 1.82) is 0 Å². The van der Waals surface area contributed by atoms with Crippen molar-refractivity contribution in [3.05, 3.63) is 83.4 Å². The molecular formula is C32H42F2O. The molecule has 190 valence electrons. The second-order valence-corrected chi connectivity index (χ2v) is 10.8. The van der Waals surface area contributed by atoms with Crippen LogP contribution in [-0.4, -0.2) is 6.61 Å². The van der Waals surface area contributed by atoms with Crippen molar-refractivity contribution < 1.29 is 13.5 Å². The average Bonchev–Trinajstić information content (AvgIpc) is 2.90. The summed E-state index contributed by atoms with van der Waals surface area (Å²) in [6, 6.07) is 15.4. The van der Waals surface area contributed by atoms with Crippen molar-refractivity contribution in [2.45, 2.75) is 95.5 Å². The van der Waals surface area contributed by atoms with Crippen LogP contribution < -0.4 is 0 Å². The predicted octanol–water partition coefficient (Wildman–Crippen LogP) is 9.53. The summed E-state index contributed by atoms with van der Waals surface area (Å²) < 4.78 is 34.5. The van der Waals surface area contributed by atoms with Crippen molar-refractivity contribution in [3.63, 3.8) is 0 Å². The number of benzene rings is 2. The molecule has 2 aromatic carbocycles. The highest BCUT2D eigenvalue weighted by Gasteiger charge is 2.33. The highest BCUT2D eigenvalue weighted by atomic mass is 19.3. The standard InChI is InChI=1S/C32H42F2O/c1-3-5-25-8-14-28(15-9-25)29-16-10-26(11-17-29)22-23-35-32(33,34)31-20-18-30(19-21-31)27-12-6-24(4-2)7-13-27/h4,10-11,16-21,24-25,27-28H,2-3,5-9,12-15,22-23H2,1H3/t24-,25-,27-,28-. The van der Waals surface area contributed by atoms with Crippen LogP contribution in [0.4, 0.5) is 8.78 Å². The first-order chi connectivity index (χ1) is 17.0. The molecule has 0 aromatic heterocycles. The van der Waals surface area contributed by atoms with E-state index in [9.17, 15) is 8.78 Å². The molecule has 0 radical (unpaired) electrons. The van der Waals surface area contributed by atoms with E-state index in [0.717, 1.165) is 42.7 Å². The number of hydrogen-bond donors (Lipinski definition) is 0. The van der Waals surface area contributed by atoms with Crippen molar-refractivity contribution >= 4 is 0 Å². The Morgan fingerprint density at radius 3 is 1.91 bits per heavy atom. The van der Waals surface area contributed by atoms with Gasteiger partial charge in [-0.15, -0.1) is 6.58 Å². The van der Waals surface area contributed by atoms with Crippen molar-refractivity contribution in [3.8, 4) is 0 Å². The summed E-state index contributed by atoms with van der Waals surface area (Å²) >= 11 is 0. The number of rotatable bonds is 10. The van der Waals surface area contributed by atoms with Gasteiger partial charge in [0.25, 0.3) is 0 Å². The lowest BCUT2D eigenvalue weighted by atomic mass is 9.77. The Labute approximate surface area is 211 Å². The van der Waals surface area contributed by atoms with Crippen molar-refractivity contribution in [2.75, 3.05) is 6.61 Å². The minimum atomic E-state index is -3.27. The third-order valence-corrected chi connectivity index (χ3v) is 8.49. The normalized spacial score (nSPS) is 25.3. The van der Waals surface area contributed by atoms with E-state index in [1.54, 1.807) is 12.1 Å². The fourth-order valence-corrected chi connectivity index (χ4v) is 6.17. The zero-order valence-corrected chi connectivity index (χ0v) is 21.4. The number of allylic oxidation sites excluding steroid dienone is 1. The molecule has 0 unspecified atom stereocenters. The highest BCUT2D eigenvalue weighted by Crippen LogP contribution is 2.39. The fraction of sp³-hybridized carbons (Fsp3) is 0.562. The van der Waals surface area contributed by atoms with Gasteiger partial charge in [-0.2, -0.15) is 8.78 Å². The van der Waals surface area contributed by atoms with Gasteiger partial charge in [0.15, 0.2) is 0 Å². The number of halogens is 2. The molecule has 0 heterocycles. The Morgan fingerprint density at radius 2 is 1.37 bits per heavy atom. The molecule has 0 amide bonds. The molecule has 2 aromatic rings. The summed E-state index contributed by atoms with van der Waals surface area (Å²) in [5.41, 5.74) is 3.55. The molecule has 4 rings (SSSR count). The second-order valence-electron chi connectivity index (χ2n) is 10.8. The maximum Gasteiger partial charge on any atom is 0.383 e. The first-order valence-electron chi connectivity index (χ1n) is 13.8. The van der Waals surface area contributed by atoms with Crippen LogP contribution in [0.25, 0.3) is 0 Å². The summed E-state index contributed by atoms with van der Waals surface area (Å²) in [6.45, 7) is 6.17. The summed E-state index contributed by atoms with van der Waals surface area (Å²) in [5.74, 6) is 2.62. The van der Waals surface area contributed by atoms with Gasteiger partial charge in [-0.3, -0.25) is 0 Å². The summed E-state index contributed by atoms with van der Waals surface area (Å²) in [7, 11) is 0. The zero-order valence-electron chi connectivity index (χ0n) is 21.4. The summed E-state index contributed by atoms with van der Waals surface area (Å²) in [5, 5.41) is 0. The van der Waals surface area contributed by atoms with E-state index in [1.807, 2.05) is 18.2 Å². The summed E-state index contributed by atoms with van der Waals surface area (Å²) in [6.07, 6.45) is 11.6. The molecule has 2 aliphatic carbocycles. The third-order valence-electron chi connectivity index (χ3n) is 8.49. The largest absolute Gasteiger partial charge is 0.383 e. The quantitative estimate of drug-likeness (QED) is 0.308. The second kappa shape index (κ2) is 12.3. The molecule has 3 heteroatoms. The molecule has 0 bridgehead atoms. The smallest absolute Gasteiger partial charge is 0.316 e. The number of hydrogen-bond acceptors (Lipinski definition) is 1. The fourth-order valence-electron chi connectivity index (χ4n) is 6.17. The van der Waals surface area contributed by atoms with E-state index in [0.29, 0.717) is 24.2 Å². The Hall–Kier alpha value is -2.00. The molecule has 0 aliphatic heterocycles. The topological polar surface area (TPSA) is 9.23 Å². The van der Waals surface area contributed by atoms with E-state index >= 15 is 0 Å². The Morgan fingerprint density at radius 1 is 0.829 bits per heavy atom. The van der Waals surface area contributed by atoms with Gasteiger partial charge < -0.3 is 4.74 Å². The van der Waals surface area contributed by atoms with E-state index in [-0.39, 0.29) is 12.2 Å². The van der Waals surface area contributed by atoms with Crippen LogP contribution in [0.1, 0.15) is 105 Å².